The fraction of sp³-hybridized carbons (Fsp3) is 0.533. The summed E-state index contributed by atoms with van der Waals surface area (Å²) in [5, 5.41) is 0. The number of nitrogens with zero attached hydrogens (tertiary/aromatic N) is 2. The standard InChI is InChI=1S/C30H40FN3O4/c1-21(2)38-30(36)34-16-11-22(12-17-34)13-18-37-26-9-7-23(8-10-26)24-5-6-25(27(31)19-24)20-28(32)29(35)33-14-3-4-15-33/h5-10,19,21-22,28H,3-4,11-18,20,32H2,1-2H3. The average molecular weight is 526 g/mol. The number of hydrogen-bond donors (Lipinski definition) is 1. The van der Waals surface area contributed by atoms with Crippen molar-refractivity contribution < 1.29 is 23.5 Å². The van der Waals surface area contributed by atoms with Crippen LogP contribution in [0.15, 0.2) is 42.5 Å². The maximum atomic E-state index is 14.8. The van der Waals surface area contributed by atoms with E-state index in [1.165, 1.54) is 6.07 Å². The minimum absolute atomic E-state index is 0.0984. The fourth-order valence-electron chi connectivity index (χ4n) is 5.16. The maximum absolute atomic E-state index is 14.8. The zero-order chi connectivity index (χ0) is 27.1. The van der Waals surface area contributed by atoms with Gasteiger partial charge in [-0.05, 0) is 93.2 Å². The molecule has 2 aromatic carbocycles. The van der Waals surface area contributed by atoms with Gasteiger partial charge in [0.2, 0.25) is 5.91 Å². The van der Waals surface area contributed by atoms with Crippen molar-refractivity contribution in [2.75, 3.05) is 32.8 Å². The zero-order valence-corrected chi connectivity index (χ0v) is 22.5. The number of hydrogen-bond acceptors (Lipinski definition) is 5. The van der Waals surface area contributed by atoms with E-state index in [-0.39, 0.29) is 30.3 Å². The smallest absolute Gasteiger partial charge is 0.410 e. The Labute approximate surface area is 225 Å². The third kappa shape index (κ3) is 7.47. The van der Waals surface area contributed by atoms with Gasteiger partial charge >= 0.3 is 6.09 Å². The molecule has 0 saturated carbocycles. The molecular weight excluding hydrogens is 485 g/mol. The molecule has 2 heterocycles. The predicted octanol–water partition coefficient (Wildman–Crippen LogP) is 5.01. The van der Waals surface area contributed by atoms with Crippen LogP contribution in [0.4, 0.5) is 9.18 Å². The normalized spacial score (nSPS) is 17.1. The molecule has 0 aromatic heterocycles. The largest absolute Gasteiger partial charge is 0.494 e. The van der Waals surface area contributed by atoms with E-state index in [4.69, 9.17) is 15.2 Å². The molecule has 0 bridgehead atoms. The van der Waals surface area contributed by atoms with E-state index in [1.54, 1.807) is 15.9 Å². The van der Waals surface area contributed by atoms with E-state index in [2.05, 4.69) is 0 Å². The molecule has 2 amide bonds. The topological polar surface area (TPSA) is 85.1 Å². The van der Waals surface area contributed by atoms with Gasteiger partial charge in [0.1, 0.15) is 11.6 Å². The van der Waals surface area contributed by atoms with E-state index < -0.39 is 6.04 Å². The second-order valence-electron chi connectivity index (χ2n) is 10.7. The van der Waals surface area contributed by atoms with Crippen LogP contribution in [0.25, 0.3) is 11.1 Å². The van der Waals surface area contributed by atoms with Gasteiger partial charge in [-0.1, -0.05) is 24.3 Å². The van der Waals surface area contributed by atoms with E-state index >= 15 is 0 Å². The van der Waals surface area contributed by atoms with Gasteiger partial charge in [0.05, 0.1) is 18.8 Å². The molecule has 2 aromatic rings. The highest BCUT2D eigenvalue weighted by atomic mass is 19.1. The Kier molecular flexibility index (Phi) is 9.61. The minimum atomic E-state index is -0.723. The summed E-state index contributed by atoms with van der Waals surface area (Å²) in [5.41, 5.74) is 8.20. The number of halogens is 1. The van der Waals surface area contributed by atoms with E-state index in [0.29, 0.717) is 18.1 Å². The molecule has 8 heteroatoms. The Hall–Kier alpha value is -3.13. The van der Waals surface area contributed by atoms with Crippen LogP contribution in [-0.4, -0.2) is 66.7 Å². The number of amides is 2. The van der Waals surface area contributed by atoms with E-state index in [9.17, 15) is 14.0 Å². The van der Waals surface area contributed by atoms with Gasteiger partial charge < -0.3 is 25.0 Å². The van der Waals surface area contributed by atoms with Crippen molar-refractivity contribution >= 4 is 12.0 Å². The molecule has 2 N–H and O–H groups in total. The second kappa shape index (κ2) is 13.1. The maximum Gasteiger partial charge on any atom is 0.410 e. The first-order valence-electron chi connectivity index (χ1n) is 13.8. The van der Waals surface area contributed by atoms with Crippen molar-refractivity contribution in [3.8, 4) is 16.9 Å². The van der Waals surface area contributed by atoms with Crippen LogP contribution < -0.4 is 10.5 Å². The highest BCUT2D eigenvalue weighted by molar-refractivity contribution is 5.82. The quantitative estimate of drug-likeness (QED) is 0.498. The van der Waals surface area contributed by atoms with Crippen LogP contribution in [0.3, 0.4) is 0 Å². The third-order valence-corrected chi connectivity index (χ3v) is 7.42. The highest BCUT2D eigenvalue weighted by Crippen LogP contribution is 2.26. The predicted molar refractivity (Wildman–Crippen MR) is 145 cm³/mol. The number of carbonyl (C=O) groups excluding carboxylic acids is 2. The van der Waals surface area contributed by atoms with Gasteiger partial charge in [0.25, 0.3) is 0 Å². The monoisotopic (exact) mass is 525 g/mol. The molecule has 206 valence electrons. The Morgan fingerprint density at radius 3 is 2.26 bits per heavy atom. The van der Waals surface area contributed by atoms with Gasteiger partial charge in [-0.15, -0.1) is 0 Å². The molecular formula is C30H40FN3O4. The summed E-state index contributed by atoms with van der Waals surface area (Å²) in [6.07, 6.45) is 4.72. The van der Waals surface area contributed by atoms with Gasteiger partial charge in [-0.25, -0.2) is 9.18 Å². The summed E-state index contributed by atoms with van der Waals surface area (Å²) in [7, 11) is 0. The first-order valence-corrected chi connectivity index (χ1v) is 13.8. The lowest BCUT2D eigenvalue weighted by molar-refractivity contribution is -0.131. The van der Waals surface area contributed by atoms with E-state index in [0.717, 1.165) is 75.2 Å². The van der Waals surface area contributed by atoms with E-state index in [1.807, 2.05) is 44.2 Å². The first kappa shape index (κ1) is 27.9. The molecule has 2 aliphatic rings. The number of rotatable bonds is 9. The van der Waals surface area contributed by atoms with Gasteiger partial charge in [-0.3, -0.25) is 4.79 Å². The lowest BCUT2D eigenvalue weighted by Crippen LogP contribution is -2.43. The van der Waals surface area contributed by atoms with Crippen LogP contribution in [0.1, 0.15) is 51.5 Å². The van der Waals surface area contributed by atoms with Crippen LogP contribution >= 0.6 is 0 Å². The third-order valence-electron chi connectivity index (χ3n) is 7.42. The summed E-state index contributed by atoms with van der Waals surface area (Å²) in [4.78, 5) is 28.1. The second-order valence-corrected chi connectivity index (χ2v) is 10.7. The van der Waals surface area contributed by atoms with Crippen LogP contribution in [0.5, 0.6) is 5.75 Å². The molecule has 0 radical (unpaired) electrons. The Morgan fingerprint density at radius 2 is 1.63 bits per heavy atom. The number of carbonyl (C=O) groups is 2. The number of likely N-dealkylation sites (tertiary alicyclic amines) is 2. The van der Waals surface area contributed by atoms with Crippen molar-refractivity contribution in [2.45, 2.75) is 64.5 Å². The number of piperidine rings is 1. The average Bonchev–Trinajstić information content (AvgIpc) is 3.45. The minimum Gasteiger partial charge on any atom is -0.494 e. The van der Waals surface area contributed by atoms with Gasteiger partial charge in [0, 0.05) is 26.2 Å². The lowest BCUT2D eigenvalue weighted by Gasteiger charge is -2.31. The van der Waals surface area contributed by atoms with Gasteiger partial charge in [-0.2, -0.15) is 0 Å². The number of ether oxygens (including phenoxy) is 2. The summed E-state index contributed by atoms with van der Waals surface area (Å²) in [5.74, 6) is 0.849. The van der Waals surface area contributed by atoms with Crippen LogP contribution in [0.2, 0.25) is 0 Å². The first-order chi connectivity index (χ1) is 18.3. The highest BCUT2D eigenvalue weighted by Gasteiger charge is 2.25. The number of benzene rings is 2. The molecule has 2 aliphatic heterocycles. The molecule has 2 saturated heterocycles. The number of nitrogens with two attached hydrogens (primary N) is 1. The summed E-state index contributed by atoms with van der Waals surface area (Å²) >= 11 is 0. The Bertz CT molecular complexity index is 1080. The molecule has 1 unspecified atom stereocenters. The van der Waals surface area contributed by atoms with Crippen LogP contribution in [-0.2, 0) is 16.0 Å². The van der Waals surface area contributed by atoms with Crippen molar-refractivity contribution in [3.05, 3.63) is 53.8 Å². The molecule has 4 rings (SSSR count). The SMILES string of the molecule is CC(C)OC(=O)N1CCC(CCOc2ccc(-c3ccc(CC(N)C(=O)N4CCCC4)c(F)c3)cc2)CC1. The molecule has 0 aliphatic carbocycles. The summed E-state index contributed by atoms with van der Waals surface area (Å²) < 4.78 is 26.1. The van der Waals surface area contributed by atoms with Crippen molar-refractivity contribution in [1.29, 1.82) is 0 Å². The molecule has 0 spiro atoms. The summed E-state index contributed by atoms with van der Waals surface area (Å²) in [6.45, 7) is 7.26. The molecule has 1 atom stereocenters. The summed E-state index contributed by atoms with van der Waals surface area (Å²) in [6, 6.07) is 12.0. The Morgan fingerprint density at radius 1 is 0.974 bits per heavy atom. The van der Waals surface area contributed by atoms with Crippen molar-refractivity contribution in [2.24, 2.45) is 11.7 Å². The van der Waals surface area contributed by atoms with Crippen molar-refractivity contribution in [1.82, 2.24) is 9.80 Å². The molecule has 2 fully saturated rings. The van der Waals surface area contributed by atoms with Gasteiger partial charge in [0.15, 0.2) is 0 Å². The van der Waals surface area contributed by atoms with Crippen molar-refractivity contribution in [3.63, 3.8) is 0 Å². The fourth-order valence-corrected chi connectivity index (χ4v) is 5.16. The Balaban J connectivity index is 1.22. The van der Waals surface area contributed by atoms with Crippen LogP contribution in [0, 0.1) is 11.7 Å². The zero-order valence-electron chi connectivity index (χ0n) is 22.5. The molecule has 7 nitrogen and oxygen atoms in total. The lowest BCUT2D eigenvalue weighted by atomic mass is 9.94. The molecule has 38 heavy (non-hydrogen) atoms.